The van der Waals surface area contributed by atoms with Gasteiger partial charge in [-0.2, -0.15) is 0 Å². The molecule has 6 N–H and O–H groups in total. The van der Waals surface area contributed by atoms with Crippen molar-refractivity contribution >= 4 is 5.91 Å². The Labute approximate surface area is 233 Å². The topological polar surface area (TPSA) is 154 Å². The molecule has 1 amide bonds. The molecule has 0 spiro atoms. The van der Waals surface area contributed by atoms with Gasteiger partial charge in [0.15, 0.2) is 29.3 Å². The summed E-state index contributed by atoms with van der Waals surface area (Å²) in [5.74, 6) is 0.594. The number of aliphatic hydroxyl groups excluding tert-OH is 1. The van der Waals surface area contributed by atoms with Crippen molar-refractivity contribution in [2.24, 2.45) is 17.6 Å². The molecule has 3 aliphatic rings. The summed E-state index contributed by atoms with van der Waals surface area (Å²) < 4.78 is 28.1. The zero-order valence-corrected chi connectivity index (χ0v) is 23.0. The van der Waals surface area contributed by atoms with E-state index in [1.54, 1.807) is 12.1 Å². The van der Waals surface area contributed by atoms with Crippen LogP contribution in [-0.2, 0) is 9.53 Å². The van der Waals surface area contributed by atoms with Gasteiger partial charge in [-0.15, -0.1) is 0 Å². The van der Waals surface area contributed by atoms with Crippen molar-refractivity contribution in [3.8, 4) is 28.7 Å². The van der Waals surface area contributed by atoms with Crippen LogP contribution in [-0.4, -0.2) is 69.7 Å². The second-order valence-electron chi connectivity index (χ2n) is 10.4. The molecule has 1 unspecified atom stereocenters. The first-order chi connectivity index (χ1) is 19.5. The molecule has 2 aliphatic heterocycles. The Balaban J connectivity index is 1.46. The van der Waals surface area contributed by atoms with Crippen LogP contribution in [0.4, 0.5) is 0 Å². The van der Waals surface area contributed by atoms with E-state index in [-0.39, 0.29) is 54.3 Å². The first kappa shape index (κ1) is 28.3. The van der Waals surface area contributed by atoms with Crippen LogP contribution in [0.3, 0.4) is 0 Å². The summed E-state index contributed by atoms with van der Waals surface area (Å²) in [5, 5.41) is 28.2. The number of benzene rings is 2. The van der Waals surface area contributed by atoms with Crippen molar-refractivity contribution in [3.05, 3.63) is 41.0 Å². The summed E-state index contributed by atoms with van der Waals surface area (Å²) >= 11 is 0. The number of phenolic OH excluding ortho intramolecular Hbond substituents is 1. The average Bonchev–Trinajstić information content (AvgIpc) is 3.58. The van der Waals surface area contributed by atoms with Crippen molar-refractivity contribution in [1.29, 1.82) is 0 Å². The van der Waals surface area contributed by atoms with Gasteiger partial charge in [0.25, 0.3) is 0 Å². The maximum Gasteiger partial charge on any atom is 0.231 e. The van der Waals surface area contributed by atoms with Crippen molar-refractivity contribution in [1.82, 2.24) is 10.6 Å². The molecule has 11 nitrogen and oxygen atoms in total. The molecule has 40 heavy (non-hydrogen) atoms. The van der Waals surface area contributed by atoms with E-state index < -0.39 is 12.3 Å². The fraction of sp³-hybridized carbons (Fsp3) is 0.552. The summed E-state index contributed by atoms with van der Waals surface area (Å²) in [6, 6.07) is 6.94. The Kier molecular flexibility index (Phi) is 8.84. The number of hydrogen-bond donors (Lipinski definition) is 5. The lowest BCUT2D eigenvalue weighted by Gasteiger charge is -2.41. The summed E-state index contributed by atoms with van der Waals surface area (Å²) in [5.41, 5.74) is 8.07. The van der Waals surface area contributed by atoms with Crippen molar-refractivity contribution < 1.29 is 38.7 Å². The van der Waals surface area contributed by atoms with Crippen LogP contribution in [0.2, 0.25) is 0 Å². The van der Waals surface area contributed by atoms with Gasteiger partial charge in [0, 0.05) is 24.2 Å². The number of nitrogens with two attached hydrogens (primary N) is 1. The van der Waals surface area contributed by atoms with E-state index in [1.165, 1.54) is 14.2 Å². The minimum Gasteiger partial charge on any atom is -0.502 e. The van der Waals surface area contributed by atoms with E-state index in [0.29, 0.717) is 30.9 Å². The van der Waals surface area contributed by atoms with Gasteiger partial charge >= 0.3 is 0 Å². The number of carbonyl (C=O) groups excluding carboxylic acids is 1. The normalized spacial score (nSPS) is 24.4. The average molecular weight is 558 g/mol. The minimum atomic E-state index is -1.06. The molecule has 5 atom stereocenters. The molecule has 5 rings (SSSR count). The van der Waals surface area contributed by atoms with Crippen LogP contribution in [0.15, 0.2) is 24.3 Å². The number of nitrogens with one attached hydrogen (secondary N) is 2. The van der Waals surface area contributed by atoms with E-state index in [4.69, 9.17) is 29.4 Å². The van der Waals surface area contributed by atoms with Crippen LogP contribution >= 0.6 is 0 Å². The monoisotopic (exact) mass is 557 g/mol. The number of amides is 1. The number of hydrogen-bond acceptors (Lipinski definition) is 10. The predicted molar refractivity (Wildman–Crippen MR) is 146 cm³/mol. The number of fused-ring (bicyclic) bond motifs is 3. The van der Waals surface area contributed by atoms with Gasteiger partial charge in [0.1, 0.15) is 0 Å². The Hall–Kier alpha value is -3.25. The minimum absolute atomic E-state index is 0.0658. The number of aliphatic hydroxyl groups is 1. The highest BCUT2D eigenvalue weighted by molar-refractivity contribution is 5.77. The molecule has 1 saturated heterocycles. The number of ether oxygens (including phenoxy) is 5. The highest BCUT2D eigenvalue weighted by atomic mass is 16.7. The molecule has 2 aromatic carbocycles. The van der Waals surface area contributed by atoms with E-state index in [1.807, 2.05) is 12.1 Å². The van der Waals surface area contributed by atoms with Crippen LogP contribution in [0.1, 0.15) is 54.3 Å². The molecule has 11 heteroatoms. The van der Waals surface area contributed by atoms with Gasteiger partial charge in [-0.05, 0) is 79.9 Å². The fourth-order valence-electron chi connectivity index (χ4n) is 6.14. The maximum atomic E-state index is 13.1. The quantitative estimate of drug-likeness (QED) is 0.245. The Morgan fingerprint density at radius 1 is 1.02 bits per heavy atom. The van der Waals surface area contributed by atoms with E-state index in [0.717, 1.165) is 42.6 Å². The standard InChI is InChI=1S/C29H39N3O8/c1-36-22-10-16(11-23(37-2)28(22)34)25-17-12-20-21(40-15-39-20)13-18(17)27(19-14-38-29(35)26(19)25)32-24(33)6-5-9-31-8-4-3-7-30/h10-13,19,25-27,29,31,34-35H,3-9,14-15,30H2,1-2H3,(H,32,33)/t19-,25+,26-,27+,29?/m0/s1. The number of phenols is 1. The number of rotatable bonds is 12. The van der Waals surface area contributed by atoms with E-state index >= 15 is 0 Å². The van der Waals surface area contributed by atoms with E-state index in [9.17, 15) is 15.0 Å². The van der Waals surface area contributed by atoms with Crippen LogP contribution in [0.25, 0.3) is 0 Å². The Bertz CT molecular complexity index is 1180. The van der Waals surface area contributed by atoms with Gasteiger partial charge in [-0.1, -0.05) is 0 Å². The number of aromatic hydroxyl groups is 1. The zero-order chi connectivity index (χ0) is 28.2. The number of methoxy groups -OCH3 is 2. The van der Waals surface area contributed by atoms with Crippen molar-refractivity contribution in [2.75, 3.05) is 47.3 Å². The molecule has 0 saturated carbocycles. The Morgan fingerprint density at radius 2 is 1.70 bits per heavy atom. The first-order valence-corrected chi connectivity index (χ1v) is 13.8. The third-order valence-corrected chi connectivity index (χ3v) is 8.09. The summed E-state index contributed by atoms with van der Waals surface area (Å²) in [6.45, 7) is 2.70. The molecular formula is C29H39N3O8. The van der Waals surface area contributed by atoms with Gasteiger partial charge in [0.05, 0.1) is 26.9 Å². The van der Waals surface area contributed by atoms with Crippen LogP contribution < -0.4 is 35.3 Å². The molecule has 218 valence electrons. The molecule has 2 aromatic rings. The summed E-state index contributed by atoms with van der Waals surface area (Å²) in [4.78, 5) is 13.1. The molecule has 0 radical (unpaired) electrons. The summed E-state index contributed by atoms with van der Waals surface area (Å²) in [7, 11) is 2.95. The second-order valence-corrected chi connectivity index (χ2v) is 10.4. The lowest BCUT2D eigenvalue weighted by atomic mass is 9.65. The van der Waals surface area contributed by atoms with E-state index in [2.05, 4.69) is 10.6 Å². The van der Waals surface area contributed by atoms with Crippen LogP contribution in [0, 0.1) is 11.8 Å². The smallest absolute Gasteiger partial charge is 0.231 e. The summed E-state index contributed by atoms with van der Waals surface area (Å²) in [6.07, 6.45) is 2.02. The third kappa shape index (κ3) is 5.51. The molecule has 0 bridgehead atoms. The second kappa shape index (κ2) is 12.5. The van der Waals surface area contributed by atoms with Gasteiger partial charge < -0.3 is 50.3 Å². The molecular weight excluding hydrogens is 518 g/mol. The van der Waals surface area contributed by atoms with Gasteiger partial charge in [-0.3, -0.25) is 4.79 Å². The number of unbranched alkanes of at least 4 members (excludes halogenated alkanes) is 1. The molecule has 1 aliphatic carbocycles. The van der Waals surface area contributed by atoms with Crippen molar-refractivity contribution in [2.45, 2.75) is 43.9 Å². The predicted octanol–water partition coefficient (Wildman–Crippen LogP) is 2.13. The van der Waals surface area contributed by atoms with Crippen LogP contribution in [0.5, 0.6) is 28.7 Å². The maximum absolute atomic E-state index is 13.1. The Morgan fingerprint density at radius 3 is 2.38 bits per heavy atom. The largest absolute Gasteiger partial charge is 0.502 e. The van der Waals surface area contributed by atoms with Crippen molar-refractivity contribution in [3.63, 3.8) is 0 Å². The highest BCUT2D eigenvalue weighted by Crippen LogP contribution is 2.56. The molecule has 1 fully saturated rings. The fourth-order valence-corrected chi connectivity index (χ4v) is 6.14. The lowest BCUT2D eigenvalue weighted by Crippen LogP contribution is -2.43. The SMILES string of the molecule is COc1cc([C@@H]2c3cc4c(cc3[C@@H](NC(=O)CCCNCCCCN)[C@H]3COC(O)[C@H]23)OCO4)cc(OC)c1O. The van der Waals surface area contributed by atoms with Gasteiger partial charge in [0.2, 0.25) is 18.4 Å². The third-order valence-electron chi connectivity index (χ3n) is 8.09. The molecule has 0 aromatic heterocycles. The number of carbonyl (C=O) groups is 1. The highest BCUT2D eigenvalue weighted by Gasteiger charge is 2.52. The van der Waals surface area contributed by atoms with Gasteiger partial charge in [-0.25, -0.2) is 0 Å². The molecule has 2 heterocycles. The zero-order valence-electron chi connectivity index (χ0n) is 23.0. The lowest BCUT2D eigenvalue weighted by molar-refractivity contribution is -0.122. The first-order valence-electron chi connectivity index (χ1n) is 13.8.